The molecule has 0 amide bonds. The molecule has 0 saturated carbocycles. The topological polar surface area (TPSA) is 52.3 Å². The summed E-state index contributed by atoms with van der Waals surface area (Å²) in [6, 6.07) is 7.26. The highest BCUT2D eigenvalue weighted by atomic mass is 16.5. The van der Waals surface area contributed by atoms with Gasteiger partial charge in [-0.2, -0.15) is 0 Å². The molecular weight excluding hydrogens is 214 g/mol. The highest BCUT2D eigenvalue weighted by molar-refractivity contribution is 5.89. The van der Waals surface area contributed by atoms with E-state index in [1.165, 1.54) is 0 Å². The molecule has 3 nitrogen and oxygen atoms in total. The third kappa shape index (κ3) is 3.56. The van der Waals surface area contributed by atoms with Crippen molar-refractivity contribution < 1.29 is 9.53 Å². The molecule has 1 aromatic carbocycles. The van der Waals surface area contributed by atoms with Crippen LogP contribution in [0.3, 0.4) is 0 Å². The molecule has 0 radical (unpaired) electrons. The summed E-state index contributed by atoms with van der Waals surface area (Å²) >= 11 is 0. The Balaban J connectivity index is 2.85. The lowest BCUT2D eigenvalue weighted by Crippen LogP contribution is -2.26. The van der Waals surface area contributed by atoms with Gasteiger partial charge in [-0.25, -0.2) is 4.79 Å². The number of ether oxygens (including phenoxy) is 1. The first-order valence-electron chi connectivity index (χ1n) is 5.89. The Kier molecular flexibility index (Phi) is 4.29. The number of esters is 1. The Morgan fingerprint density at radius 3 is 2.24 bits per heavy atom. The molecule has 0 aromatic heterocycles. The highest BCUT2D eigenvalue weighted by Crippen LogP contribution is 2.30. The maximum absolute atomic E-state index is 11.5. The van der Waals surface area contributed by atoms with Crippen molar-refractivity contribution in [3.63, 3.8) is 0 Å². The molecule has 1 rings (SSSR count). The summed E-state index contributed by atoms with van der Waals surface area (Å²) in [6.07, 6.45) is 0. The average Bonchev–Trinajstić information content (AvgIpc) is 2.27. The van der Waals surface area contributed by atoms with Crippen LogP contribution in [0.1, 0.15) is 49.7 Å². The van der Waals surface area contributed by atoms with E-state index in [0.717, 1.165) is 5.56 Å². The van der Waals surface area contributed by atoms with Crippen LogP contribution in [-0.2, 0) is 4.74 Å². The molecule has 1 aromatic rings. The lowest BCUT2D eigenvalue weighted by Gasteiger charge is -2.27. The van der Waals surface area contributed by atoms with Crippen molar-refractivity contribution in [2.45, 2.75) is 33.7 Å². The predicted octanol–water partition coefficient (Wildman–Crippen LogP) is 2.91. The molecule has 17 heavy (non-hydrogen) atoms. The number of hydrogen-bond donors (Lipinski definition) is 1. The summed E-state index contributed by atoms with van der Waals surface area (Å²) in [4.78, 5) is 11.5. The third-order valence-electron chi connectivity index (χ3n) is 2.71. The van der Waals surface area contributed by atoms with Crippen molar-refractivity contribution in [3.05, 3.63) is 35.4 Å². The van der Waals surface area contributed by atoms with E-state index in [0.29, 0.717) is 12.2 Å². The fraction of sp³-hybridized carbons (Fsp3) is 0.500. The second kappa shape index (κ2) is 5.32. The van der Waals surface area contributed by atoms with E-state index in [9.17, 15) is 4.79 Å². The van der Waals surface area contributed by atoms with Crippen LogP contribution < -0.4 is 5.73 Å². The van der Waals surface area contributed by atoms with E-state index in [2.05, 4.69) is 20.8 Å². The van der Waals surface area contributed by atoms with Crippen LogP contribution in [0, 0.1) is 5.41 Å². The lowest BCUT2D eigenvalue weighted by atomic mass is 9.83. The van der Waals surface area contributed by atoms with Crippen LogP contribution in [0.25, 0.3) is 0 Å². The van der Waals surface area contributed by atoms with Crippen LogP contribution in [0.2, 0.25) is 0 Å². The number of carbonyl (C=O) groups is 1. The first kappa shape index (κ1) is 13.7. The van der Waals surface area contributed by atoms with Crippen LogP contribution in [0.15, 0.2) is 24.3 Å². The minimum atomic E-state index is -0.289. The van der Waals surface area contributed by atoms with E-state index in [-0.39, 0.29) is 17.4 Å². The van der Waals surface area contributed by atoms with E-state index >= 15 is 0 Å². The molecule has 0 heterocycles. The van der Waals surface area contributed by atoms with Gasteiger partial charge >= 0.3 is 5.97 Å². The Labute approximate surface area is 103 Å². The third-order valence-corrected chi connectivity index (χ3v) is 2.71. The smallest absolute Gasteiger partial charge is 0.338 e. The van der Waals surface area contributed by atoms with Gasteiger partial charge in [-0.1, -0.05) is 32.9 Å². The van der Waals surface area contributed by atoms with Gasteiger partial charge in [-0.3, -0.25) is 0 Å². The number of nitrogens with two attached hydrogens (primary N) is 1. The van der Waals surface area contributed by atoms with E-state index < -0.39 is 0 Å². The summed E-state index contributed by atoms with van der Waals surface area (Å²) in [6.45, 7) is 8.47. The largest absolute Gasteiger partial charge is 0.462 e. The number of benzene rings is 1. The maximum Gasteiger partial charge on any atom is 0.338 e. The number of rotatable bonds is 3. The fourth-order valence-electron chi connectivity index (χ4n) is 1.54. The molecule has 94 valence electrons. The number of hydrogen-bond acceptors (Lipinski definition) is 3. The standard InChI is InChI=1S/C14H21NO2/c1-5-17-13(16)11-8-6-10(7-9-11)12(15)14(2,3)4/h6-9,12H,5,15H2,1-4H3/t12-/m1/s1. The van der Waals surface area contributed by atoms with Gasteiger partial charge in [0.2, 0.25) is 0 Å². The van der Waals surface area contributed by atoms with Gasteiger partial charge in [0.15, 0.2) is 0 Å². The maximum atomic E-state index is 11.5. The van der Waals surface area contributed by atoms with Gasteiger partial charge in [0.05, 0.1) is 12.2 Å². The SMILES string of the molecule is CCOC(=O)c1ccc([C@@H](N)C(C)(C)C)cc1. The van der Waals surface area contributed by atoms with Crippen molar-refractivity contribution in [1.29, 1.82) is 0 Å². The van der Waals surface area contributed by atoms with Gasteiger partial charge in [-0.05, 0) is 30.0 Å². The molecule has 0 unspecified atom stereocenters. The van der Waals surface area contributed by atoms with Crippen molar-refractivity contribution >= 4 is 5.97 Å². The summed E-state index contributed by atoms with van der Waals surface area (Å²) in [7, 11) is 0. The van der Waals surface area contributed by atoms with Gasteiger partial charge < -0.3 is 10.5 Å². The predicted molar refractivity (Wildman–Crippen MR) is 68.8 cm³/mol. The Hall–Kier alpha value is -1.35. The molecule has 2 N–H and O–H groups in total. The van der Waals surface area contributed by atoms with E-state index in [4.69, 9.17) is 10.5 Å². The highest BCUT2D eigenvalue weighted by Gasteiger charge is 2.22. The van der Waals surface area contributed by atoms with Crippen LogP contribution in [0.5, 0.6) is 0 Å². The van der Waals surface area contributed by atoms with Crippen LogP contribution in [0.4, 0.5) is 0 Å². The van der Waals surface area contributed by atoms with Crippen LogP contribution >= 0.6 is 0 Å². The molecular formula is C14H21NO2. The minimum absolute atomic E-state index is 0.00540. The summed E-state index contributed by atoms with van der Waals surface area (Å²) < 4.78 is 4.93. The second-order valence-corrected chi connectivity index (χ2v) is 5.19. The first-order chi connectivity index (χ1) is 7.86. The quantitative estimate of drug-likeness (QED) is 0.819. The molecule has 3 heteroatoms. The zero-order valence-electron chi connectivity index (χ0n) is 11.0. The fourth-order valence-corrected chi connectivity index (χ4v) is 1.54. The Morgan fingerprint density at radius 1 is 1.29 bits per heavy atom. The summed E-state index contributed by atoms with van der Waals surface area (Å²) in [5, 5.41) is 0. The monoisotopic (exact) mass is 235 g/mol. The molecule has 0 fully saturated rings. The first-order valence-corrected chi connectivity index (χ1v) is 5.89. The Bertz CT molecular complexity index is 376. The minimum Gasteiger partial charge on any atom is -0.462 e. The van der Waals surface area contributed by atoms with E-state index in [1.807, 2.05) is 12.1 Å². The van der Waals surface area contributed by atoms with Crippen LogP contribution in [-0.4, -0.2) is 12.6 Å². The van der Waals surface area contributed by atoms with E-state index in [1.54, 1.807) is 19.1 Å². The molecule has 1 atom stereocenters. The zero-order valence-corrected chi connectivity index (χ0v) is 11.0. The summed E-state index contributed by atoms with van der Waals surface area (Å²) in [5.41, 5.74) is 7.75. The van der Waals surface area contributed by atoms with Crippen molar-refractivity contribution in [1.82, 2.24) is 0 Å². The van der Waals surface area contributed by atoms with Crippen molar-refractivity contribution in [3.8, 4) is 0 Å². The molecule has 0 spiro atoms. The average molecular weight is 235 g/mol. The zero-order chi connectivity index (χ0) is 13.1. The summed E-state index contributed by atoms with van der Waals surface area (Å²) in [5.74, 6) is -0.289. The molecule has 0 aliphatic rings. The van der Waals surface area contributed by atoms with Crippen molar-refractivity contribution in [2.75, 3.05) is 6.61 Å². The van der Waals surface area contributed by atoms with Gasteiger partial charge in [0, 0.05) is 6.04 Å². The molecule has 0 aliphatic carbocycles. The van der Waals surface area contributed by atoms with Gasteiger partial charge in [0.1, 0.15) is 0 Å². The van der Waals surface area contributed by atoms with Crippen molar-refractivity contribution in [2.24, 2.45) is 11.1 Å². The normalized spacial score (nSPS) is 13.2. The number of carbonyl (C=O) groups excluding carboxylic acids is 1. The van der Waals surface area contributed by atoms with Gasteiger partial charge in [0.25, 0.3) is 0 Å². The second-order valence-electron chi connectivity index (χ2n) is 5.19. The molecule has 0 saturated heterocycles. The van der Waals surface area contributed by atoms with Gasteiger partial charge in [-0.15, -0.1) is 0 Å². The molecule has 0 bridgehead atoms. The molecule has 0 aliphatic heterocycles. The Morgan fingerprint density at radius 2 is 1.82 bits per heavy atom. The lowest BCUT2D eigenvalue weighted by molar-refractivity contribution is 0.0526.